The Balaban J connectivity index is 4.09. The van der Waals surface area contributed by atoms with Gasteiger partial charge < -0.3 is 5.73 Å². The van der Waals surface area contributed by atoms with E-state index in [1.807, 2.05) is 0 Å². The minimum absolute atomic E-state index is 0.894. The maximum absolute atomic E-state index is 6.02. The van der Waals surface area contributed by atoms with E-state index in [1.54, 1.807) is 6.08 Å². The molecule has 0 aliphatic rings. The molecule has 0 amide bonds. The summed E-state index contributed by atoms with van der Waals surface area (Å²) in [6.07, 6.45) is 7.99. The van der Waals surface area contributed by atoms with Crippen molar-refractivity contribution in [3.63, 3.8) is 0 Å². The Kier molecular flexibility index (Phi) is 7.36. The van der Waals surface area contributed by atoms with E-state index in [9.17, 15) is 0 Å². The fourth-order valence-corrected chi connectivity index (χ4v) is 1.35. The number of nitrogens with two attached hydrogens (primary N) is 1. The molecule has 0 aromatic carbocycles. The van der Waals surface area contributed by atoms with Crippen molar-refractivity contribution in [2.75, 3.05) is 0 Å². The second-order valence-electron chi connectivity index (χ2n) is 4.49. The maximum atomic E-state index is 6.02. The first-order chi connectivity index (χ1) is 7.47. The highest BCUT2D eigenvalue weighted by atomic mass is 14.6. The van der Waals surface area contributed by atoms with Crippen LogP contribution in [0.4, 0.5) is 0 Å². The van der Waals surface area contributed by atoms with E-state index in [0.29, 0.717) is 0 Å². The van der Waals surface area contributed by atoms with E-state index in [0.717, 1.165) is 37.0 Å². The van der Waals surface area contributed by atoms with Crippen LogP contribution in [0.3, 0.4) is 0 Å². The molecule has 1 nitrogen and oxygen atoms in total. The monoisotopic (exact) mass is 219 g/mol. The van der Waals surface area contributed by atoms with Crippen molar-refractivity contribution < 1.29 is 0 Å². The van der Waals surface area contributed by atoms with Gasteiger partial charge in [-0.15, -0.1) is 0 Å². The van der Waals surface area contributed by atoms with Crippen molar-refractivity contribution in [1.82, 2.24) is 0 Å². The van der Waals surface area contributed by atoms with Crippen molar-refractivity contribution in [2.24, 2.45) is 5.73 Å². The summed E-state index contributed by atoms with van der Waals surface area (Å²) < 4.78 is 0. The lowest BCUT2D eigenvalue weighted by molar-refractivity contribution is 0.867. The average Bonchev–Trinajstić information content (AvgIpc) is 2.24. The van der Waals surface area contributed by atoms with Gasteiger partial charge in [-0.1, -0.05) is 42.0 Å². The van der Waals surface area contributed by atoms with Gasteiger partial charge in [0.1, 0.15) is 0 Å². The molecule has 0 fully saturated rings. The molecule has 0 aromatic rings. The fourth-order valence-electron chi connectivity index (χ4n) is 1.35. The van der Waals surface area contributed by atoms with Gasteiger partial charge in [0.25, 0.3) is 0 Å². The van der Waals surface area contributed by atoms with Gasteiger partial charge >= 0.3 is 0 Å². The molecule has 0 heterocycles. The van der Waals surface area contributed by atoms with Crippen molar-refractivity contribution >= 4 is 0 Å². The molecule has 0 aliphatic heterocycles. The van der Waals surface area contributed by atoms with Gasteiger partial charge in [-0.25, -0.2) is 0 Å². The Labute approximate surface area is 100 Å². The number of allylic oxidation sites excluding steroid dienone is 6. The van der Waals surface area contributed by atoms with Gasteiger partial charge in [-0.05, 0) is 46.5 Å². The molecule has 0 radical (unpaired) electrons. The van der Waals surface area contributed by atoms with Gasteiger partial charge in [0.05, 0.1) is 0 Å². The lowest BCUT2D eigenvalue weighted by Gasteiger charge is -2.07. The third-order valence-electron chi connectivity index (χ3n) is 2.62. The Morgan fingerprint density at radius 1 is 1.12 bits per heavy atom. The summed E-state index contributed by atoms with van der Waals surface area (Å²) in [7, 11) is 0. The minimum atomic E-state index is 0.894. The Morgan fingerprint density at radius 3 is 2.25 bits per heavy atom. The lowest BCUT2D eigenvalue weighted by Crippen LogP contribution is -2.01. The van der Waals surface area contributed by atoms with Gasteiger partial charge in [-0.2, -0.15) is 0 Å². The number of hydrogen-bond donors (Lipinski definition) is 1. The smallest absolute Gasteiger partial charge is 0.00730 e. The molecule has 0 saturated heterocycles. The van der Waals surface area contributed by atoms with E-state index < -0.39 is 0 Å². The Hall–Kier alpha value is -1.24. The summed E-state index contributed by atoms with van der Waals surface area (Å²) in [5.41, 5.74) is 10.7. The van der Waals surface area contributed by atoms with Crippen LogP contribution in [-0.2, 0) is 0 Å². The number of rotatable bonds is 7. The van der Waals surface area contributed by atoms with E-state index >= 15 is 0 Å². The van der Waals surface area contributed by atoms with Crippen molar-refractivity contribution in [3.05, 3.63) is 47.7 Å². The molecule has 0 aliphatic carbocycles. The maximum Gasteiger partial charge on any atom is 0.00730 e. The van der Waals surface area contributed by atoms with Crippen molar-refractivity contribution in [3.8, 4) is 0 Å². The first-order valence-electron chi connectivity index (χ1n) is 5.85. The summed E-state index contributed by atoms with van der Waals surface area (Å²) in [5, 5.41) is 0. The quantitative estimate of drug-likeness (QED) is 0.495. The molecule has 0 rings (SSSR count). The third kappa shape index (κ3) is 7.10. The zero-order valence-electron chi connectivity index (χ0n) is 11.0. The van der Waals surface area contributed by atoms with Crippen LogP contribution in [0.25, 0.3) is 0 Å². The predicted molar refractivity (Wildman–Crippen MR) is 74.1 cm³/mol. The normalized spacial score (nSPS) is 11.7. The van der Waals surface area contributed by atoms with E-state index in [-0.39, 0.29) is 0 Å². The highest BCUT2D eigenvalue weighted by Crippen LogP contribution is 2.14. The molecule has 0 unspecified atom stereocenters. The molecule has 0 atom stereocenters. The van der Waals surface area contributed by atoms with Gasteiger partial charge in [-0.3, -0.25) is 0 Å². The van der Waals surface area contributed by atoms with Crippen LogP contribution in [0.1, 0.15) is 46.5 Å². The van der Waals surface area contributed by atoms with Crippen molar-refractivity contribution in [1.29, 1.82) is 0 Å². The molecule has 0 saturated carbocycles. The minimum Gasteiger partial charge on any atom is -0.402 e. The number of hydrogen-bond acceptors (Lipinski definition) is 1. The van der Waals surface area contributed by atoms with Crippen LogP contribution >= 0.6 is 0 Å². The van der Waals surface area contributed by atoms with Crippen molar-refractivity contribution in [2.45, 2.75) is 46.5 Å². The Bertz CT molecular complexity index is 301. The van der Waals surface area contributed by atoms with Crippen LogP contribution in [0.2, 0.25) is 0 Å². The van der Waals surface area contributed by atoms with Gasteiger partial charge in [0.15, 0.2) is 0 Å². The van der Waals surface area contributed by atoms with E-state index in [1.165, 1.54) is 11.1 Å². The fraction of sp³-hybridized carbons (Fsp3) is 0.467. The standard InChI is InChI=1S/C15H25N/c1-6-13(4)10-11-15(16)14(5)9-7-8-12(2)3/h6,8H,1,4,7,9-11,16H2,2-3,5H3/b15-14-. The summed E-state index contributed by atoms with van der Waals surface area (Å²) in [4.78, 5) is 0. The molecule has 0 aromatic heterocycles. The Morgan fingerprint density at radius 2 is 1.75 bits per heavy atom. The molecular weight excluding hydrogens is 194 g/mol. The van der Waals surface area contributed by atoms with Gasteiger partial charge in [0, 0.05) is 5.70 Å². The van der Waals surface area contributed by atoms with Crippen LogP contribution in [0, 0.1) is 0 Å². The van der Waals surface area contributed by atoms with E-state index in [2.05, 4.69) is 40.0 Å². The average molecular weight is 219 g/mol. The van der Waals surface area contributed by atoms with Crippen LogP contribution < -0.4 is 5.73 Å². The van der Waals surface area contributed by atoms with Crippen LogP contribution in [-0.4, -0.2) is 0 Å². The first kappa shape index (κ1) is 14.8. The lowest BCUT2D eigenvalue weighted by atomic mass is 10.0. The predicted octanol–water partition coefficient (Wildman–Crippen LogP) is 4.49. The molecule has 2 N–H and O–H groups in total. The van der Waals surface area contributed by atoms with Crippen LogP contribution in [0.15, 0.2) is 47.7 Å². The van der Waals surface area contributed by atoms with Gasteiger partial charge in [0.2, 0.25) is 0 Å². The molecule has 0 spiro atoms. The summed E-state index contributed by atoms with van der Waals surface area (Å²) in [6.45, 7) is 13.9. The zero-order valence-corrected chi connectivity index (χ0v) is 11.0. The molecular formula is C15H25N. The van der Waals surface area contributed by atoms with Crippen LogP contribution in [0.5, 0.6) is 0 Å². The van der Waals surface area contributed by atoms with E-state index in [4.69, 9.17) is 5.73 Å². The summed E-state index contributed by atoms with van der Waals surface area (Å²) in [6, 6.07) is 0. The molecule has 16 heavy (non-hydrogen) atoms. The topological polar surface area (TPSA) is 26.0 Å². The molecule has 1 heteroatoms. The summed E-state index contributed by atoms with van der Waals surface area (Å²) in [5.74, 6) is 0. The molecule has 90 valence electrons. The molecule has 0 bridgehead atoms. The highest BCUT2D eigenvalue weighted by Gasteiger charge is 1.98. The second kappa shape index (κ2) is 7.98. The third-order valence-corrected chi connectivity index (χ3v) is 2.62. The first-order valence-corrected chi connectivity index (χ1v) is 5.85. The highest BCUT2D eigenvalue weighted by molar-refractivity contribution is 5.16. The SMILES string of the molecule is C=CC(=C)CC/C(N)=C(\C)CCC=C(C)C. The largest absolute Gasteiger partial charge is 0.402 e. The summed E-state index contributed by atoms with van der Waals surface area (Å²) >= 11 is 0. The second-order valence-corrected chi connectivity index (χ2v) is 4.49. The zero-order chi connectivity index (χ0) is 12.6.